The van der Waals surface area contributed by atoms with Crippen molar-refractivity contribution >= 4 is 60.4 Å². The van der Waals surface area contributed by atoms with Crippen LogP contribution >= 0.6 is 54.5 Å². The Morgan fingerprint density at radius 3 is 2.53 bits per heavy atom. The van der Waals surface area contributed by atoms with Gasteiger partial charge in [0.15, 0.2) is 0 Å². The summed E-state index contributed by atoms with van der Waals surface area (Å²) in [6.07, 6.45) is 0. The van der Waals surface area contributed by atoms with Gasteiger partial charge < -0.3 is 4.90 Å². The summed E-state index contributed by atoms with van der Waals surface area (Å²) in [5, 5.41) is 0. The molecule has 0 saturated heterocycles. The Morgan fingerprint density at radius 2 is 2.05 bits per heavy atom. The minimum absolute atomic E-state index is 0.103. The quantitative estimate of drug-likeness (QED) is 0.653. The SMILES string of the molecule is CCN(Cc1ccc(Br)s1)C(=O)c1cc(C)c(Br)s1. The Morgan fingerprint density at radius 1 is 1.32 bits per heavy atom. The Hall–Kier alpha value is -0.170. The number of nitrogens with zero attached hydrogens (tertiary/aromatic N) is 1. The maximum absolute atomic E-state index is 12.5. The molecule has 102 valence electrons. The Bertz CT molecular complexity index is 572. The molecule has 2 aromatic rings. The standard InChI is InChI=1S/C13H13Br2NOS2/c1-3-16(7-9-4-5-11(14)18-9)13(17)10-6-8(2)12(15)19-10/h4-6H,3,7H2,1-2H3. The predicted molar refractivity (Wildman–Crippen MR) is 89.2 cm³/mol. The molecule has 19 heavy (non-hydrogen) atoms. The van der Waals surface area contributed by atoms with Gasteiger partial charge in [-0.2, -0.15) is 0 Å². The molecule has 0 unspecified atom stereocenters. The molecule has 0 radical (unpaired) electrons. The van der Waals surface area contributed by atoms with Crippen LogP contribution in [-0.2, 0) is 6.54 Å². The molecule has 0 N–H and O–H groups in total. The third kappa shape index (κ3) is 3.68. The maximum Gasteiger partial charge on any atom is 0.264 e. The minimum atomic E-state index is 0.103. The van der Waals surface area contributed by atoms with Crippen molar-refractivity contribution in [3.63, 3.8) is 0 Å². The van der Waals surface area contributed by atoms with E-state index in [1.54, 1.807) is 11.3 Å². The highest BCUT2D eigenvalue weighted by atomic mass is 79.9. The van der Waals surface area contributed by atoms with Crippen LogP contribution < -0.4 is 0 Å². The summed E-state index contributed by atoms with van der Waals surface area (Å²) in [7, 11) is 0. The van der Waals surface area contributed by atoms with E-state index in [-0.39, 0.29) is 5.91 Å². The van der Waals surface area contributed by atoms with E-state index in [0.717, 1.165) is 18.0 Å². The van der Waals surface area contributed by atoms with E-state index in [9.17, 15) is 4.79 Å². The van der Waals surface area contributed by atoms with Gasteiger partial charge in [-0.3, -0.25) is 4.79 Å². The highest BCUT2D eigenvalue weighted by Crippen LogP contribution is 2.29. The van der Waals surface area contributed by atoms with Gasteiger partial charge in [-0.15, -0.1) is 22.7 Å². The van der Waals surface area contributed by atoms with E-state index in [1.165, 1.54) is 16.2 Å². The van der Waals surface area contributed by atoms with E-state index in [1.807, 2.05) is 30.9 Å². The molecule has 1 amide bonds. The van der Waals surface area contributed by atoms with Crippen LogP contribution in [0.25, 0.3) is 0 Å². The van der Waals surface area contributed by atoms with Gasteiger partial charge in [0.1, 0.15) is 0 Å². The van der Waals surface area contributed by atoms with Crippen molar-refractivity contribution in [3.05, 3.63) is 41.1 Å². The van der Waals surface area contributed by atoms with Gasteiger partial charge in [0.05, 0.1) is 19.0 Å². The first-order chi connectivity index (χ1) is 9.01. The second-order valence-electron chi connectivity index (χ2n) is 4.09. The first-order valence-electron chi connectivity index (χ1n) is 5.80. The maximum atomic E-state index is 12.5. The third-order valence-corrected chi connectivity index (χ3v) is 6.45. The Kier molecular flexibility index (Phi) is 5.22. The zero-order chi connectivity index (χ0) is 14.0. The van der Waals surface area contributed by atoms with Crippen molar-refractivity contribution in [1.82, 2.24) is 4.90 Å². The lowest BCUT2D eigenvalue weighted by Crippen LogP contribution is -2.29. The van der Waals surface area contributed by atoms with Crippen LogP contribution in [0.4, 0.5) is 0 Å². The summed E-state index contributed by atoms with van der Waals surface area (Å²) < 4.78 is 2.13. The van der Waals surface area contributed by atoms with Gasteiger partial charge in [0, 0.05) is 11.4 Å². The minimum Gasteiger partial charge on any atom is -0.333 e. The molecular weight excluding hydrogens is 410 g/mol. The highest BCUT2D eigenvalue weighted by Gasteiger charge is 2.18. The second kappa shape index (κ2) is 6.52. The van der Waals surface area contributed by atoms with Crippen molar-refractivity contribution < 1.29 is 4.79 Å². The summed E-state index contributed by atoms with van der Waals surface area (Å²) in [6.45, 7) is 5.39. The van der Waals surface area contributed by atoms with Crippen LogP contribution in [0.15, 0.2) is 25.8 Å². The lowest BCUT2D eigenvalue weighted by atomic mass is 10.3. The predicted octanol–water partition coefficient (Wildman–Crippen LogP) is 5.31. The molecule has 2 nitrogen and oxygen atoms in total. The average Bonchev–Trinajstić information content (AvgIpc) is 2.93. The fraction of sp³-hybridized carbons (Fsp3) is 0.308. The van der Waals surface area contributed by atoms with Crippen LogP contribution in [0.5, 0.6) is 0 Å². The van der Waals surface area contributed by atoms with Crippen LogP contribution in [0.1, 0.15) is 27.0 Å². The Balaban J connectivity index is 2.15. The molecule has 0 atom stereocenters. The lowest BCUT2D eigenvalue weighted by Gasteiger charge is -2.19. The zero-order valence-corrected chi connectivity index (χ0v) is 15.4. The van der Waals surface area contributed by atoms with Gasteiger partial charge in [-0.1, -0.05) is 0 Å². The number of carbonyl (C=O) groups is 1. The monoisotopic (exact) mass is 421 g/mol. The highest BCUT2D eigenvalue weighted by molar-refractivity contribution is 9.11. The van der Waals surface area contributed by atoms with Crippen molar-refractivity contribution in [2.75, 3.05) is 6.54 Å². The number of hydrogen-bond donors (Lipinski definition) is 0. The van der Waals surface area contributed by atoms with Crippen molar-refractivity contribution in [2.45, 2.75) is 20.4 Å². The fourth-order valence-corrected chi connectivity index (χ4v) is 4.67. The molecule has 0 aliphatic carbocycles. The largest absolute Gasteiger partial charge is 0.333 e. The number of carbonyl (C=O) groups excluding carboxylic acids is 1. The van der Waals surface area contributed by atoms with E-state index < -0.39 is 0 Å². The molecule has 0 bridgehead atoms. The number of amides is 1. The molecule has 0 saturated carbocycles. The molecule has 2 aromatic heterocycles. The van der Waals surface area contributed by atoms with Crippen molar-refractivity contribution in [1.29, 1.82) is 0 Å². The third-order valence-electron chi connectivity index (χ3n) is 2.71. The van der Waals surface area contributed by atoms with Gasteiger partial charge in [-0.05, 0) is 69.5 Å². The van der Waals surface area contributed by atoms with Crippen LogP contribution in [0.2, 0.25) is 0 Å². The van der Waals surface area contributed by atoms with Crippen LogP contribution in [0, 0.1) is 6.92 Å². The second-order valence-corrected chi connectivity index (χ2v) is 9.01. The van der Waals surface area contributed by atoms with Crippen LogP contribution in [-0.4, -0.2) is 17.4 Å². The van der Waals surface area contributed by atoms with Gasteiger partial charge in [0.2, 0.25) is 0 Å². The lowest BCUT2D eigenvalue weighted by molar-refractivity contribution is 0.0759. The summed E-state index contributed by atoms with van der Waals surface area (Å²) >= 11 is 10.1. The van der Waals surface area contributed by atoms with E-state index in [4.69, 9.17) is 0 Å². The molecule has 6 heteroatoms. The molecule has 2 heterocycles. The van der Waals surface area contributed by atoms with Gasteiger partial charge in [-0.25, -0.2) is 0 Å². The number of aryl methyl sites for hydroxylation is 1. The zero-order valence-electron chi connectivity index (χ0n) is 10.6. The first kappa shape index (κ1) is 15.2. The molecule has 0 aliphatic rings. The van der Waals surface area contributed by atoms with Gasteiger partial charge in [0.25, 0.3) is 5.91 Å². The number of hydrogen-bond acceptors (Lipinski definition) is 3. The molecule has 2 rings (SSSR count). The van der Waals surface area contributed by atoms with Crippen molar-refractivity contribution in [3.8, 4) is 0 Å². The molecule has 0 spiro atoms. The molecule has 0 aromatic carbocycles. The van der Waals surface area contributed by atoms with E-state index in [2.05, 4.69) is 37.9 Å². The number of halogens is 2. The first-order valence-corrected chi connectivity index (χ1v) is 9.02. The van der Waals surface area contributed by atoms with Gasteiger partial charge >= 0.3 is 0 Å². The van der Waals surface area contributed by atoms with Crippen molar-refractivity contribution in [2.24, 2.45) is 0 Å². The molecule has 0 fully saturated rings. The number of thiophene rings is 2. The smallest absolute Gasteiger partial charge is 0.264 e. The average molecular weight is 423 g/mol. The normalized spacial score (nSPS) is 10.7. The number of rotatable bonds is 4. The Labute approximate surface area is 137 Å². The summed E-state index contributed by atoms with van der Waals surface area (Å²) in [4.78, 5) is 16.3. The molecular formula is C13H13Br2NOS2. The molecule has 0 aliphatic heterocycles. The fourth-order valence-electron chi connectivity index (χ4n) is 1.67. The summed E-state index contributed by atoms with van der Waals surface area (Å²) in [5.74, 6) is 0.103. The summed E-state index contributed by atoms with van der Waals surface area (Å²) in [5.41, 5.74) is 1.11. The van der Waals surface area contributed by atoms with Crippen LogP contribution in [0.3, 0.4) is 0 Å². The van der Waals surface area contributed by atoms with E-state index in [0.29, 0.717) is 13.1 Å². The topological polar surface area (TPSA) is 20.3 Å². The summed E-state index contributed by atoms with van der Waals surface area (Å²) in [6, 6.07) is 6.02. The van der Waals surface area contributed by atoms with E-state index >= 15 is 0 Å².